The molecule has 2 N–H and O–H groups in total. The van der Waals surface area contributed by atoms with Crippen LogP contribution in [0, 0.1) is 0 Å². The molecular weight excluding hydrogens is 130 g/mol. The fraction of sp³-hybridized carbons (Fsp3) is 0.500. The fourth-order valence-electron chi connectivity index (χ4n) is 0.729. The highest BCUT2D eigenvalue weighted by Crippen LogP contribution is 2.01. The van der Waals surface area contributed by atoms with Crippen molar-refractivity contribution in [3.63, 3.8) is 0 Å². The number of nitrogens with two attached hydrogens (primary N) is 1. The Morgan fingerprint density at radius 2 is 2.50 bits per heavy atom. The Labute approximate surface area is 60.0 Å². The molecule has 0 aromatic carbocycles. The number of hydrogen-bond acceptors (Lipinski definition) is 4. The Balaban J connectivity index is 2.71. The van der Waals surface area contributed by atoms with E-state index in [1.54, 1.807) is 19.5 Å². The molecule has 0 fully saturated rings. The van der Waals surface area contributed by atoms with Crippen LogP contribution in [0.3, 0.4) is 0 Å². The van der Waals surface area contributed by atoms with E-state index >= 15 is 0 Å². The molecular formula is C6H11N3O. The van der Waals surface area contributed by atoms with E-state index in [2.05, 4.69) is 4.99 Å². The quantitative estimate of drug-likeness (QED) is 0.505. The third-order valence-corrected chi connectivity index (χ3v) is 1.40. The van der Waals surface area contributed by atoms with Gasteiger partial charge in [0, 0.05) is 19.4 Å². The van der Waals surface area contributed by atoms with Gasteiger partial charge in [0.2, 0.25) is 5.90 Å². The second-order valence-electron chi connectivity index (χ2n) is 2.08. The minimum atomic E-state index is -0.241. The molecule has 0 saturated carbocycles. The molecule has 1 aliphatic rings. The number of hydrogen-bond donors (Lipinski definition) is 1. The topological polar surface area (TPSA) is 50.8 Å². The zero-order chi connectivity index (χ0) is 7.56. The third-order valence-electron chi connectivity index (χ3n) is 1.40. The number of rotatable bonds is 0. The highest BCUT2D eigenvalue weighted by Gasteiger charge is 2.16. The average molecular weight is 141 g/mol. The van der Waals surface area contributed by atoms with E-state index in [-0.39, 0.29) is 6.17 Å². The molecule has 56 valence electrons. The summed E-state index contributed by atoms with van der Waals surface area (Å²) in [6.45, 7) is 0. The van der Waals surface area contributed by atoms with E-state index in [9.17, 15) is 0 Å². The van der Waals surface area contributed by atoms with Gasteiger partial charge in [-0.1, -0.05) is 0 Å². The molecule has 1 aliphatic heterocycles. The maximum atomic E-state index is 5.65. The van der Waals surface area contributed by atoms with Gasteiger partial charge in [0.15, 0.2) is 6.17 Å². The van der Waals surface area contributed by atoms with Gasteiger partial charge in [0.05, 0.1) is 7.11 Å². The zero-order valence-electron chi connectivity index (χ0n) is 6.11. The van der Waals surface area contributed by atoms with Crippen LogP contribution >= 0.6 is 0 Å². The first-order valence-corrected chi connectivity index (χ1v) is 3.01. The van der Waals surface area contributed by atoms with Gasteiger partial charge in [0.25, 0.3) is 0 Å². The summed E-state index contributed by atoms with van der Waals surface area (Å²) in [5.41, 5.74) is 5.65. The average Bonchev–Trinajstić information content (AvgIpc) is 1.95. The summed E-state index contributed by atoms with van der Waals surface area (Å²) in [5.74, 6) is 0.546. The fourth-order valence-corrected chi connectivity index (χ4v) is 0.729. The van der Waals surface area contributed by atoms with Gasteiger partial charge < -0.3 is 15.4 Å². The summed E-state index contributed by atoms with van der Waals surface area (Å²) in [5, 5.41) is 0. The van der Waals surface area contributed by atoms with Crippen molar-refractivity contribution in [2.24, 2.45) is 10.7 Å². The summed E-state index contributed by atoms with van der Waals surface area (Å²) in [4.78, 5) is 5.75. The third kappa shape index (κ3) is 1.11. The molecule has 0 spiro atoms. The van der Waals surface area contributed by atoms with Crippen molar-refractivity contribution < 1.29 is 4.74 Å². The first kappa shape index (κ1) is 7.08. The van der Waals surface area contributed by atoms with Crippen LogP contribution in [0.25, 0.3) is 0 Å². The summed E-state index contributed by atoms with van der Waals surface area (Å²) in [6.07, 6.45) is 3.21. The SMILES string of the molecule is COC1=NC=CN(C)[C@@H]1N. The maximum absolute atomic E-state index is 5.65. The van der Waals surface area contributed by atoms with E-state index < -0.39 is 0 Å². The molecule has 0 aromatic rings. The molecule has 1 heterocycles. The number of nitrogens with zero attached hydrogens (tertiary/aromatic N) is 2. The summed E-state index contributed by atoms with van der Waals surface area (Å²) in [7, 11) is 3.43. The first-order chi connectivity index (χ1) is 4.75. The lowest BCUT2D eigenvalue weighted by Crippen LogP contribution is -2.44. The van der Waals surface area contributed by atoms with Crippen LogP contribution in [-0.4, -0.2) is 31.1 Å². The number of likely N-dealkylation sites (N-methyl/N-ethyl adjacent to an activating group) is 1. The van der Waals surface area contributed by atoms with Crippen molar-refractivity contribution in [1.82, 2.24) is 4.90 Å². The van der Waals surface area contributed by atoms with Crippen LogP contribution in [0.15, 0.2) is 17.4 Å². The molecule has 0 bridgehead atoms. The molecule has 0 amide bonds. The Hall–Kier alpha value is -1.03. The summed E-state index contributed by atoms with van der Waals surface area (Å²) >= 11 is 0. The Morgan fingerprint density at radius 1 is 1.80 bits per heavy atom. The van der Waals surface area contributed by atoms with Gasteiger partial charge >= 0.3 is 0 Å². The molecule has 4 nitrogen and oxygen atoms in total. The van der Waals surface area contributed by atoms with Crippen molar-refractivity contribution >= 4 is 5.90 Å². The van der Waals surface area contributed by atoms with Crippen molar-refractivity contribution in [2.75, 3.05) is 14.2 Å². The van der Waals surface area contributed by atoms with Crippen LogP contribution in [0.5, 0.6) is 0 Å². The predicted molar refractivity (Wildman–Crippen MR) is 39.3 cm³/mol. The first-order valence-electron chi connectivity index (χ1n) is 3.01. The molecule has 0 aliphatic carbocycles. The van der Waals surface area contributed by atoms with Gasteiger partial charge in [-0.15, -0.1) is 0 Å². The summed E-state index contributed by atoms with van der Waals surface area (Å²) in [6, 6.07) is 0. The molecule has 1 atom stereocenters. The van der Waals surface area contributed by atoms with Crippen LogP contribution in [-0.2, 0) is 4.74 Å². The molecule has 1 rings (SSSR count). The predicted octanol–water partition coefficient (Wildman–Crippen LogP) is -0.267. The lowest BCUT2D eigenvalue weighted by atomic mass is 10.4. The number of methoxy groups -OCH3 is 1. The lowest BCUT2D eigenvalue weighted by molar-refractivity contribution is 0.311. The standard InChI is InChI=1S/C6H11N3O/c1-9-4-3-8-6(10-2)5(9)7/h3-5H,7H2,1-2H3/t5-/m0/s1. The van der Waals surface area contributed by atoms with E-state index in [1.165, 1.54) is 0 Å². The second kappa shape index (κ2) is 2.70. The van der Waals surface area contributed by atoms with Crippen LogP contribution < -0.4 is 5.73 Å². The van der Waals surface area contributed by atoms with Crippen molar-refractivity contribution in [1.29, 1.82) is 0 Å². The second-order valence-corrected chi connectivity index (χ2v) is 2.08. The highest BCUT2D eigenvalue weighted by atomic mass is 16.5. The van der Waals surface area contributed by atoms with Crippen LogP contribution in [0.2, 0.25) is 0 Å². The van der Waals surface area contributed by atoms with Crippen molar-refractivity contribution in [3.8, 4) is 0 Å². The smallest absolute Gasteiger partial charge is 0.226 e. The zero-order valence-corrected chi connectivity index (χ0v) is 6.11. The number of aliphatic imine (C=N–C) groups is 1. The van der Waals surface area contributed by atoms with Gasteiger partial charge in [-0.3, -0.25) is 0 Å². The van der Waals surface area contributed by atoms with Gasteiger partial charge in [-0.25, -0.2) is 4.99 Å². The van der Waals surface area contributed by atoms with Gasteiger partial charge in [0.1, 0.15) is 0 Å². The summed E-state index contributed by atoms with van der Waals surface area (Å²) < 4.78 is 4.91. The molecule has 10 heavy (non-hydrogen) atoms. The highest BCUT2D eigenvalue weighted by molar-refractivity contribution is 5.82. The van der Waals surface area contributed by atoms with Crippen molar-refractivity contribution in [2.45, 2.75) is 6.17 Å². The normalized spacial score (nSPS) is 24.5. The van der Waals surface area contributed by atoms with Gasteiger partial charge in [-0.05, 0) is 0 Å². The van der Waals surface area contributed by atoms with E-state index in [0.29, 0.717) is 5.90 Å². The number of ether oxygens (including phenoxy) is 1. The monoisotopic (exact) mass is 141 g/mol. The van der Waals surface area contributed by atoms with E-state index in [0.717, 1.165) is 0 Å². The molecule has 4 heteroatoms. The molecule has 0 aromatic heterocycles. The molecule has 0 saturated heterocycles. The van der Waals surface area contributed by atoms with E-state index in [1.807, 2.05) is 11.9 Å². The van der Waals surface area contributed by atoms with Crippen molar-refractivity contribution in [3.05, 3.63) is 12.4 Å². The van der Waals surface area contributed by atoms with Crippen LogP contribution in [0.4, 0.5) is 0 Å². The minimum absolute atomic E-state index is 0.241. The Morgan fingerprint density at radius 3 is 3.00 bits per heavy atom. The Bertz CT molecular complexity index is 176. The van der Waals surface area contributed by atoms with Crippen LogP contribution in [0.1, 0.15) is 0 Å². The maximum Gasteiger partial charge on any atom is 0.226 e. The lowest BCUT2D eigenvalue weighted by Gasteiger charge is -2.25. The largest absolute Gasteiger partial charge is 0.482 e. The molecule has 0 radical (unpaired) electrons. The van der Waals surface area contributed by atoms with E-state index in [4.69, 9.17) is 10.5 Å². The minimum Gasteiger partial charge on any atom is -0.482 e. The Kier molecular flexibility index (Phi) is 1.91. The molecule has 0 unspecified atom stereocenters. The van der Waals surface area contributed by atoms with Gasteiger partial charge in [-0.2, -0.15) is 0 Å².